The Balaban J connectivity index is 1.36. The molecule has 0 N–H and O–H groups in total. The maximum atomic E-state index is 2.33. The summed E-state index contributed by atoms with van der Waals surface area (Å²) >= 11 is 3.79. The standard InChI is InChI=1S/C34H20S2/c1-3-7-21(8-4-1)31-19-23-11-13-27-25-16-18-30-28(26(25)15-17-29(27)33(23)35-31)14-12-24-20-32(36-34(24)30)22-9-5-2-6-10-22/h1-20H. The molecule has 0 unspecified atom stereocenters. The molecule has 6 aromatic carbocycles. The highest BCUT2D eigenvalue weighted by molar-refractivity contribution is 7.23. The van der Waals surface area contributed by atoms with Crippen LogP contribution in [0, 0.1) is 0 Å². The van der Waals surface area contributed by atoms with Gasteiger partial charge in [0.1, 0.15) is 0 Å². The van der Waals surface area contributed by atoms with Crippen LogP contribution in [0.2, 0.25) is 0 Å². The van der Waals surface area contributed by atoms with Gasteiger partial charge in [-0.15, -0.1) is 22.7 Å². The predicted molar refractivity (Wildman–Crippen MR) is 161 cm³/mol. The molecule has 0 nitrogen and oxygen atoms in total. The second kappa shape index (κ2) is 7.76. The van der Waals surface area contributed by atoms with Gasteiger partial charge in [0.2, 0.25) is 0 Å². The van der Waals surface area contributed by atoms with Crippen molar-refractivity contribution >= 4 is 75.2 Å². The van der Waals surface area contributed by atoms with Crippen molar-refractivity contribution < 1.29 is 0 Å². The first-order valence-corrected chi connectivity index (χ1v) is 13.8. The lowest BCUT2D eigenvalue weighted by molar-refractivity contribution is 1.70. The van der Waals surface area contributed by atoms with Crippen molar-refractivity contribution in [1.82, 2.24) is 0 Å². The summed E-state index contributed by atoms with van der Waals surface area (Å²) in [6.45, 7) is 0. The predicted octanol–water partition coefficient (Wildman–Crippen LogP) is 10.9. The lowest BCUT2D eigenvalue weighted by atomic mass is 9.96. The Hall–Kier alpha value is -3.98. The molecule has 8 aromatic rings. The van der Waals surface area contributed by atoms with Crippen molar-refractivity contribution in [2.24, 2.45) is 0 Å². The molecule has 36 heavy (non-hydrogen) atoms. The second-order valence-corrected chi connectivity index (χ2v) is 11.4. The number of benzene rings is 6. The molecule has 0 aliphatic carbocycles. The Bertz CT molecular complexity index is 1920. The van der Waals surface area contributed by atoms with E-state index < -0.39 is 0 Å². The van der Waals surface area contributed by atoms with Gasteiger partial charge in [0.25, 0.3) is 0 Å². The van der Waals surface area contributed by atoms with Gasteiger partial charge in [-0.25, -0.2) is 0 Å². The maximum absolute atomic E-state index is 2.33. The van der Waals surface area contributed by atoms with Crippen LogP contribution in [0.1, 0.15) is 0 Å². The van der Waals surface area contributed by atoms with Crippen molar-refractivity contribution in [3.8, 4) is 20.9 Å². The average molecular weight is 493 g/mol. The van der Waals surface area contributed by atoms with E-state index >= 15 is 0 Å². The van der Waals surface area contributed by atoms with E-state index in [0.29, 0.717) is 0 Å². The molecular formula is C34H20S2. The minimum atomic E-state index is 1.29. The molecule has 2 heteroatoms. The van der Waals surface area contributed by atoms with Gasteiger partial charge in [-0.3, -0.25) is 0 Å². The Labute approximate surface area is 216 Å². The van der Waals surface area contributed by atoms with Crippen LogP contribution >= 0.6 is 22.7 Å². The molecule has 8 rings (SSSR count). The number of hydrogen-bond acceptors (Lipinski definition) is 2. The van der Waals surface area contributed by atoms with Crippen LogP contribution in [0.4, 0.5) is 0 Å². The van der Waals surface area contributed by atoms with Crippen molar-refractivity contribution in [2.45, 2.75) is 0 Å². The van der Waals surface area contributed by atoms with Gasteiger partial charge in [-0.05, 0) is 55.6 Å². The SMILES string of the molecule is c1ccc(-c2cc3ccc4c5ccc6c(ccc7cc(-c8ccccc8)sc76)c5ccc4c3s2)cc1. The van der Waals surface area contributed by atoms with E-state index in [0.717, 1.165) is 0 Å². The van der Waals surface area contributed by atoms with Crippen LogP contribution in [0.3, 0.4) is 0 Å². The van der Waals surface area contributed by atoms with E-state index in [9.17, 15) is 0 Å². The molecule has 0 atom stereocenters. The smallest absolute Gasteiger partial charge is 0.0428 e. The third-order valence-electron chi connectivity index (χ3n) is 7.27. The molecule has 0 amide bonds. The Morgan fingerprint density at radius 3 is 1.14 bits per heavy atom. The van der Waals surface area contributed by atoms with Crippen molar-refractivity contribution in [2.75, 3.05) is 0 Å². The zero-order valence-electron chi connectivity index (χ0n) is 19.4. The number of fused-ring (bicyclic) bond motifs is 9. The number of thiophene rings is 2. The highest BCUT2D eigenvalue weighted by Crippen LogP contribution is 2.43. The minimum absolute atomic E-state index is 1.29. The Morgan fingerprint density at radius 1 is 0.333 bits per heavy atom. The monoisotopic (exact) mass is 492 g/mol. The van der Waals surface area contributed by atoms with Crippen LogP contribution in [0.25, 0.3) is 73.4 Å². The normalized spacial score (nSPS) is 11.9. The Morgan fingerprint density at radius 2 is 0.694 bits per heavy atom. The highest BCUT2D eigenvalue weighted by atomic mass is 32.1. The molecular weight excluding hydrogens is 473 g/mol. The highest BCUT2D eigenvalue weighted by Gasteiger charge is 2.13. The van der Waals surface area contributed by atoms with Crippen LogP contribution in [-0.4, -0.2) is 0 Å². The summed E-state index contributed by atoms with van der Waals surface area (Å²) in [5.41, 5.74) is 2.57. The van der Waals surface area contributed by atoms with E-state index in [1.54, 1.807) is 0 Å². The van der Waals surface area contributed by atoms with Gasteiger partial charge in [0.15, 0.2) is 0 Å². The van der Waals surface area contributed by atoms with Crippen LogP contribution in [0.15, 0.2) is 121 Å². The first-order valence-electron chi connectivity index (χ1n) is 12.2. The van der Waals surface area contributed by atoms with Crippen LogP contribution < -0.4 is 0 Å². The zero-order valence-corrected chi connectivity index (χ0v) is 21.0. The molecule has 0 aliphatic rings. The summed E-state index contributed by atoms with van der Waals surface area (Å²) in [5, 5.41) is 10.6. The van der Waals surface area contributed by atoms with Gasteiger partial charge in [-0.1, -0.05) is 109 Å². The molecule has 168 valence electrons. The molecule has 0 saturated carbocycles. The van der Waals surface area contributed by atoms with Crippen molar-refractivity contribution in [1.29, 1.82) is 0 Å². The third-order valence-corrected chi connectivity index (χ3v) is 9.74. The maximum Gasteiger partial charge on any atom is 0.0428 e. The molecule has 0 radical (unpaired) electrons. The van der Waals surface area contributed by atoms with E-state index in [4.69, 9.17) is 0 Å². The zero-order chi connectivity index (χ0) is 23.6. The molecule has 0 bridgehead atoms. The molecule has 0 spiro atoms. The minimum Gasteiger partial charge on any atom is -0.135 e. The summed E-state index contributed by atoms with van der Waals surface area (Å²) in [6, 6.07) is 44.6. The largest absolute Gasteiger partial charge is 0.135 e. The first-order chi connectivity index (χ1) is 17.8. The molecule has 2 aromatic heterocycles. The molecule has 2 heterocycles. The molecule has 0 fully saturated rings. The average Bonchev–Trinajstić information content (AvgIpc) is 3.58. The van der Waals surface area contributed by atoms with Crippen molar-refractivity contribution in [3.63, 3.8) is 0 Å². The van der Waals surface area contributed by atoms with Gasteiger partial charge in [0.05, 0.1) is 0 Å². The fraction of sp³-hybridized carbons (Fsp3) is 0. The quantitative estimate of drug-likeness (QED) is 0.211. The number of rotatable bonds is 2. The molecule has 0 saturated heterocycles. The van der Waals surface area contributed by atoms with Crippen molar-refractivity contribution in [3.05, 3.63) is 121 Å². The van der Waals surface area contributed by atoms with E-state index in [1.165, 1.54) is 73.4 Å². The van der Waals surface area contributed by atoms with Gasteiger partial charge >= 0.3 is 0 Å². The first kappa shape index (κ1) is 20.2. The summed E-state index contributed by atoms with van der Waals surface area (Å²) in [7, 11) is 0. The van der Waals surface area contributed by atoms with E-state index in [2.05, 4.69) is 121 Å². The second-order valence-electron chi connectivity index (χ2n) is 9.34. The third kappa shape index (κ3) is 2.99. The lowest BCUT2D eigenvalue weighted by Crippen LogP contribution is -1.81. The Kier molecular flexibility index (Phi) is 4.36. The fourth-order valence-corrected chi connectivity index (χ4v) is 7.91. The van der Waals surface area contributed by atoms with Gasteiger partial charge in [0, 0.05) is 29.9 Å². The summed E-state index contributed by atoms with van der Waals surface area (Å²) in [6.07, 6.45) is 0. The molecule has 0 aliphatic heterocycles. The number of hydrogen-bond donors (Lipinski definition) is 0. The van der Waals surface area contributed by atoms with Gasteiger partial charge in [-0.2, -0.15) is 0 Å². The summed E-state index contributed by atoms with van der Waals surface area (Å²) < 4.78 is 2.74. The van der Waals surface area contributed by atoms with Crippen LogP contribution in [-0.2, 0) is 0 Å². The van der Waals surface area contributed by atoms with Gasteiger partial charge < -0.3 is 0 Å². The summed E-state index contributed by atoms with van der Waals surface area (Å²) in [5.74, 6) is 0. The van der Waals surface area contributed by atoms with E-state index in [-0.39, 0.29) is 0 Å². The fourth-order valence-electron chi connectivity index (χ4n) is 5.52. The van der Waals surface area contributed by atoms with Crippen LogP contribution in [0.5, 0.6) is 0 Å². The topological polar surface area (TPSA) is 0 Å². The van der Waals surface area contributed by atoms with E-state index in [1.807, 2.05) is 22.7 Å². The summed E-state index contributed by atoms with van der Waals surface area (Å²) in [4.78, 5) is 2.65. The lowest BCUT2D eigenvalue weighted by Gasteiger charge is -2.09.